The van der Waals surface area contributed by atoms with Crippen LogP contribution in [-0.2, 0) is 17.0 Å². The summed E-state index contributed by atoms with van der Waals surface area (Å²) in [4.78, 5) is 13.0. The second kappa shape index (κ2) is 11.7. The van der Waals surface area contributed by atoms with Gasteiger partial charge in [0.1, 0.15) is 11.5 Å². The fourth-order valence-electron chi connectivity index (χ4n) is 2.40. The Morgan fingerprint density at radius 2 is 1.14 bits per heavy atom. The molecular formula is C21H19Cl2N3O2Ti. The second-order valence-electron chi connectivity index (χ2n) is 5.97. The number of phenols is 2. The van der Waals surface area contributed by atoms with E-state index in [0.29, 0.717) is 22.8 Å². The molecule has 0 amide bonds. The summed E-state index contributed by atoms with van der Waals surface area (Å²) in [5.41, 5.74) is 2.84. The normalized spacial score (nSPS) is 10.8. The van der Waals surface area contributed by atoms with Crippen molar-refractivity contribution in [1.29, 1.82) is 0 Å². The average Bonchev–Trinajstić information content (AvgIpc) is 2.71. The third-order valence-corrected chi connectivity index (χ3v) is 3.93. The van der Waals surface area contributed by atoms with E-state index in [1.54, 1.807) is 42.8 Å². The van der Waals surface area contributed by atoms with Crippen LogP contribution in [0.4, 0.5) is 11.6 Å². The molecule has 5 nitrogen and oxygen atoms in total. The number of aryl methyl sites for hydroxylation is 2. The van der Waals surface area contributed by atoms with Gasteiger partial charge in [0.15, 0.2) is 11.6 Å². The summed E-state index contributed by atoms with van der Waals surface area (Å²) in [5.74, 6) is 1.38. The van der Waals surface area contributed by atoms with Crippen LogP contribution >= 0.6 is 18.6 Å². The van der Waals surface area contributed by atoms with Gasteiger partial charge in [0.2, 0.25) is 0 Å². The summed E-state index contributed by atoms with van der Waals surface area (Å²) in [6, 6.07) is 16.3. The summed E-state index contributed by atoms with van der Waals surface area (Å²) in [5, 5.41) is 20.1. The Bertz CT molecular complexity index is 950. The van der Waals surface area contributed by atoms with Gasteiger partial charge in [-0.2, -0.15) is 0 Å². The SMILES string of the molecule is Cc1cccc(C=Nc2cccc(/N=C/c3cccc(C)c3O)n2)c1O.[Cl][Ti][Cl]. The zero-order valence-electron chi connectivity index (χ0n) is 15.8. The molecule has 3 aromatic rings. The van der Waals surface area contributed by atoms with Crippen LogP contribution in [0.25, 0.3) is 0 Å². The van der Waals surface area contributed by atoms with Crippen LogP contribution in [-0.4, -0.2) is 27.6 Å². The van der Waals surface area contributed by atoms with Crippen LogP contribution in [0.2, 0.25) is 0 Å². The van der Waals surface area contributed by atoms with Crippen LogP contribution in [0.3, 0.4) is 0 Å². The first-order valence-electron chi connectivity index (χ1n) is 8.55. The van der Waals surface area contributed by atoms with Crippen molar-refractivity contribution in [1.82, 2.24) is 4.98 Å². The van der Waals surface area contributed by atoms with E-state index >= 15 is 0 Å². The summed E-state index contributed by atoms with van der Waals surface area (Å²) in [6.07, 6.45) is 3.15. The number of hydrogen-bond acceptors (Lipinski definition) is 5. The van der Waals surface area contributed by atoms with E-state index in [4.69, 9.17) is 18.6 Å². The van der Waals surface area contributed by atoms with Crippen LogP contribution in [0.1, 0.15) is 22.3 Å². The van der Waals surface area contributed by atoms with Gasteiger partial charge >= 0.3 is 35.6 Å². The van der Waals surface area contributed by atoms with Gasteiger partial charge in [0.25, 0.3) is 0 Å². The standard InChI is InChI=1S/C21H19N3O2.2ClH.Ti/c1-14-6-3-8-16(20(14)25)12-22-18-10-5-11-19(24-18)23-13-17-9-4-7-15(2)21(17)26;;;/h3-13,25-26H,1-2H3;2*1H;/q;;;+2/p-2/b22-12+,23-13?;;;. The number of pyridine rings is 1. The fourth-order valence-corrected chi connectivity index (χ4v) is 2.40. The molecule has 0 aliphatic rings. The summed E-state index contributed by atoms with van der Waals surface area (Å²) < 4.78 is 0. The molecule has 29 heavy (non-hydrogen) atoms. The molecule has 3 rings (SSSR count). The predicted molar refractivity (Wildman–Crippen MR) is 116 cm³/mol. The van der Waals surface area contributed by atoms with Crippen molar-refractivity contribution in [2.24, 2.45) is 9.98 Å². The van der Waals surface area contributed by atoms with Crippen molar-refractivity contribution >= 4 is 42.7 Å². The van der Waals surface area contributed by atoms with Crippen LogP contribution in [0, 0.1) is 13.8 Å². The number of halogens is 2. The summed E-state index contributed by atoms with van der Waals surface area (Å²) in [6.45, 7) is 3.67. The molecule has 0 saturated heterocycles. The zero-order chi connectivity index (χ0) is 21.2. The Morgan fingerprint density at radius 1 is 0.759 bits per heavy atom. The number of para-hydroxylation sites is 2. The Hall–Kier alpha value is -2.18. The average molecular weight is 464 g/mol. The first kappa shape index (κ1) is 23.1. The number of phenolic OH excluding ortho intramolecular Hbond substituents is 2. The van der Waals surface area contributed by atoms with Gasteiger partial charge in [-0.1, -0.05) is 30.3 Å². The van der Waals surface area contributed by atoms with Gasteiger partial charge in [-0.05, 0) is 49.2 Å². The van der Waals surface area contributed by atoms with Crippen LogP contribution in [0.5, 0.6) is 11.5 Å². The van der Waals surface area contributed by atoms with E-state index in [-0.39, 0.29) is 11.5 Å². The molecule has 0 radical (unpaired) electrons. The van der Waals surface area contributed by atoms with Crippen molar-refractivity contribution in [2.75, 3.05) is 0 Å². The first-order chi connectivity index (χ1) is 14.0. The topological polar surface area (TPSA) is 78.1 Å². The van der Waals surface area contributed by atoms with E-state index in [9.17, 15) is 10.2 Å². The number of aromatic nitrogens is 1. The van der Waals surface area contributed by atoms with Gasteiger partial charge in [-0.15, -0.1) is 0 Å². The number of aromatic hydroxyl groups is 2. The number of hydrogen-bond donors (Lipinski definition) is 2. The zero-order valence-corrected chi connectivity index (χ0v) is 18.9. The predicted octanol–water partition coefficient (Wildman–Crippen LogP) is 5.99. The molecule has 0 aliphatic heterocycles. The Morgan fingerprint density at radius 3 is 1.55 bits per heavy atom. The molecular weight excluding hydrogens is 445 g/mol. The molecule has 0 aliphatic carbocycles. The molecule has 2 N–H and O–H groups in total. The number of rotatable bonds is 4. The molecule has 2 aromatic carbocycles. The van der Waals surface area contributed by atoms with E-state index < -0.39 is 17.0 Å². The molecule has 0 bridgehead atoms. The number of nitrogens with zero attached hydrogens (tertiary/aromatic N) is 3. The molecule has 0 saturated carbocycles. The third-order valence-electron chi connectivity index (χ3n) is 3.93. The Kier molecular flexibility index (Phi) is 9.35. The van der Waals surface area contributed by atoms with Gasteiger partial charge in [-0.3, -0.25) is 0 Å². The van der Waals surface area contributed by atoms with Crippen LogP contribution in [0.15, 0.2) is 64.6 Å². The van der Waals surface area contributed by atoms with Gasteiger partial charge in [-0.25, -0.2) is 15.0 Å². The van der Waals surface area contributed by atoms with Gasteiger partial charge < -0.3 is 10.2 Å². The Balaban J connectivity index is 0.000000941. The molecule has 0 atom stereocenters. The fraction of sp³-hybridized carbons (Fsp3) is 0.0952. The molecule has 8 heteroatoms. The van der Waals surface area contributed by atoms with E-state index in [1.165, 1.54) is 0 Å². The van der Waals surface area contributed by atoms with Crippen molar-refractivity contribution in [3.8, 4) is 11.5 Å². The molecule has 1 aromatic heterocycles. The minimum absolute atomic E-state index is 0.209. The van der Waals surface area contributed by atoms with Crippen LogP contribution < -0.4 is 0 Å². The van der Waals surface area contributed by atoms with E-state index in [0.717, 1.165) is 11.1 Å². The second-order valence-corrected chi connectivity index (χ2v) is 8.55. The van der Waals surface area contributed by atoms with Gasteiger partial charge in [0, 0.05) is 23.6 Å². The van der Waals surface area contributed by atoms with Crippen molar-refractivity contribution in [3.05, 3.63) is 76.9 Å². The summed E-state index contributed by atoms with van der Waals surface area (Å²) in [7, 11) is 9.78. The maximum absolute atomic E-state index is 10.0. The molecule has 0 fully saturated rings. The number of benzene rings is 2. The Labute approximate surface area is 186 Å². The molecule has 148 valence electrons. The van der Waals surface area contributed by atoms with Crippen molar-refractivity contribution in [2.45, 2.75) is 13.8 Å². The molecule has 0 spiro atoms. The van der Waals surface area contributed by atoms with Crippen molar-refractivity contribution < 1.29 is 27.2 Å². The first-order valence-corrected chi connectivity index (χ1v) is 12.8. The quantitative estimate of drug-likeness (QED) is 0.368. The maximum atomic E-state index is 10.0. The minimum atomic E-state index is -0.556. The summed E-state index contributed by atoms with van der Waals surface area (Å²) >= 11 is -0.556. The monoisotopic (exact) mass is 463 g/mol. The molecule has 1 heterocycles. The van der Waals surface area contributed by atoms with Crippen molar-refractivity contribution in [3.63, 3.8) is 0 Å². The van der Waals surface area contributed by atoms with E-state index in [2.05, 4.69) is 15.0 Å². The third kappa shape index (κ3) is 6.98. The number of aliphatic imine (C=N–C) groups is 2. The molecule has 0 unspecified atom stereocenters. The van der Waals surface area contributed by atoms with E-state index in [1.807, 2.05) is 38.1 Å². The van der Waals surface area contributed by atoms with Gasteiger partial charge in [0.05, 0.1) is 0 Å².